The number of hydrogen-bond donors (Lipinski definition) is 1. The molecule has 0 radical (unpaired) electrons. The fourth-order valence-corrected chi connectivity index (χ4v) is 2.17. The van der Waals surface area contributed by atoms with Crippen LogP contribution in [-0.2, 0) is 6.54 Å². The Hall–Kier alpha value is -2.27. The third-order valence-electron chi connectivity index (χ3n) is 3.67. The Bertz CT molecular complexity index is 656. The van der Waals surface area contributed by atoms with Crippen LogP contribution in [0.3, 0.4) is 0 Å². The van der Waals surface area contributed by atoms with Gasteiger partial charge in [0.15, 0.2) is 0 Å². The van der Waals surface area contributed by atoms with Crippen molar-refractivity contribution in [3.05, 3.63) is 69.0 Å². The van der Waals surface area contributed by atoms with Gasteiger partial charge in [-0.15, -0.1) is 0 Å². The minimum absolute atomic E-state index is 0.0388. The summed E-state index contributed by atoms with van der Waals surface area (Å²) < 4.78 is 0. The molecule has 21 heavy (non-hydrogen) atoms. The second kappa shape index (κ2) is 6.45. The van der Waals surface area contributed by atoms with Crippen molar-refractivity contribution in [3.63, 3.8) is 0 Å². The average molecular weight is 285 g/mol. The Labute approximate surface area is 124 Å². The van der Waals surface area contributed by atoms with E-state index in [1.165, 1.54) is 5.56 Å². The Morgan fingerprint density at radius 1 is 1.29 bits per heavy atom. The first-order valence-corrected chi connectivity index (χ1v) is 6.87. The van der Waals surface area contributed by atoms with Crippen LogP contribution in [-0.4, -0.2) is 9.91 Å². The van der Waals surface area contributed by atoms with Gasteiger partial charge in [-0.25, -0.2) is 0 Å². The van der Waals surface area contributed by atoms with Crippen LogP contribution in [0.1, 0.15) is 35.2 Å². The van der Waals surface area contributed by atoms with Crippen molar-refractivity contribution in [2.24, 2.45) is 0 Å². The van der Waals surface area contributed by atoms with Gasteiger partial charge in [-0.3, -0.25) is 15.1 Å². The van der Waals surface area contributed by atoms with Gasteiger partial charge in [0.05, 0.1) is 4.92 Å². The molecule has 110 valence electrons. The van der Waals surface area contributed by atoms with E-state index in [-0.39, 0.29) is 16.7 Å². The highest BCUT2D eigenvalue weighted by Crippen LogP contribution is 2.23. The van der Waals surface area contributed by atoms with Gasteiger partial charge in [-0.05, 0) is 43.5 Å². The van der Waals surface area contributed by atoms with Crippen LogP contribution in [0.4, 0.5) is 5.69 Å². The number of nitrogens with one attached hydrogen (secondary N) is 1. The van der Waals surface area contributed by atoms with Crippen LogP contribution in [0.15, 0.2) is 36.7 Å². The van der Waals surface area contributed by atoms with Gasteiger partial charge >= 0.3 is 0 Å². The van der Waals surface area contributed by atoms with Crippen LogP contribution < -0.4 is 5.32 Å². The Morgan fingerprint density at radius 3 is 2.71 bits per heavy atom. The summed E-state index contributed by atoms with van der Waals surface area (Å²) in [5, 5.41) is 14.4. The van der Waals surface area contributed by atoms with Crippen LogP contribution >= 0.6 is 0 Å². The number of nitrogens with zero attached hydrogens (tertiary/aromatic N) is 2. The quantitative estimate of drug-likeness (QED) is 0.674. The topological polar surface area (TPSA) is 68.1 Å². The summed E-state index contributed by atoms with van der Waals surface area (Å²) in [4.78, 5) is 14.7. The maximum atomic E-state index is 11.0. The number of pyridine rings is 1. The monoisotopic (exact) mass is 285 g/mol. The molecular formula is C16H19N3O2. The van der Waals surface area contributed by atoms with Crippen molar-refractivity contribution >= 4 is 5.69 Å². The fourth-order valence-electron chi connectivity index (χ4n) is 2.17. The van der Waals surface area contributed by atoms with Gasteiger partial charge < -0.3 is 5.32 Å². The molecule has 0 fully saturated rings. The molecule has 1 aromatic carbocycles. The van der Waals surface area contributed by atoms with E-state index in [0.717, 1.165) is 11.1 Å². The minimum atomic E-state index is -0.335. The van der Waals surface area contributed by atoms with Crippen molar-refractivity contribution in [1.29, 1.82) is 0 Å². The lowest BCUT2D eigenvalue weighted by Crippen LogP contribution is -2.18. The van der Waals surface area contributed by atoms with Crippen LogP contribution in [0, 0.1) is 24.0 Å². The van der Waals surface area contributed by atoms with Gasteiger partial charge in [-0.2, -0.15) is 0 Å². The number of rotatable bonds is 5. The van der Waals surface area contributed by atoms with Crippen molar-refractivity contribution < 1.29 is 4.92 Å². The van der Waals surface area contributed by atoms with Crippen molar-refractivity contribution in [2.45, 2.75) is 33.4 Å². The number of nitro groups is 1. The average Bonchev–Trinajstić information content (AvgIpc) is 2.46. The van der Waals surface area contributed by atoms with Crippen LogP contribution in [0.5, 0.6) is 0 Å². The van der Waals surface area contributed by atoms with Gasteiger partial charge in [0, 0.05) is 36.6 Å². The number of benzene rings is 1. The molecule has 0 bridgehead atoms. The molecule has 1 unspecified atom stereocenters. The standard InChI is InChI=1S/C16H19N3O2/c1-11-4-5-14(8-16(11)19(20)21)13(3)18-10-15-6-7-17-9-12(15)2/h4-9,13,18H,10H2,1-3H3. The van der Waals surface area contributed by atoms with E-state index in [2.05, 4.69) is 10.3 Å². The molecule has 1 heterocycles. The normalized spacial score (nSPS) is 12.1. The highest BCUT2D eigenvalue weighted by atomic mass is 16.6. The number of aromatic nitrogens is 1. The second-order valence-electron chi connectivity index (χ2n) is 5.21. The predicted molar refractivity (Wildman–Crippen MR) is 82.1 cm³/mol. The first-order chi connectivity index (χ1) is 9.99. The van der Waals surface area contributed by atoms with Crippen molar-refractivity contribution in [3.8, 4) is 0 Å². The van der Waals surface area contributed by atoms with Gasteiger partial charge in [0.2, 0.25) is 0 Å². The zero-order chi connectivity index (χ0) is 15.4. The molecular weight excluding hydrogens is 266 g/mol. The summed E-state index contributed by atoms with van der Waals surface area (Å²) >= 11 is 0. The summed E-state index contributed by atoms with van der Waals surface area (Å²) in [5.74, 6) is 0. The highest BCUT2D eigenvalue weighted by Gasteiger charge is 2.14. The molecule has 1 atom stereocenters. The third-order valence-corrected chi connectivity index (χ3v) is 3.67. The molecule has 0 aliphatic carbocycles. The van der Waals surface area contributed by atoms with Gasteiger partial charge in [-0.1, -0.05) is 12.1 Å². The second-order valence-corrected chi connectivity index (χ2v) is 5.21. The lowest BCUT2D eigenvalue weighted by molar-refractivity contribution is -0.385. The summed E-state index contributed by atoms with van der Waals surface area (Å²) in [6.45, 7) is 6.48. The number of nitro benzene ring substituents is 1. The Balaban J connectivity index is 2.10. The number of hydrogen-bond acceptors (Lipinski definition) is 4. The molecule has 1 aromatic heterocycles. The van der Waals surface area contributed by atoms with E-state index in [9.17, 15) is 10.1 Å². The zero-order valence-corrected chi connectivity index (χ0v) is 12.5. The lowest BCUT2D eigenvalue weighted by atomic mass is 10.0. The highest BCUT2D eigenvalue weighted by molar-refractivity contribution is 5.43. The van der Waals surface area contributed by atoms with E-state index in [1.807, 2.05) is 32.2 Å². The Morgan fingerprint density at radius 2 is 2.05 bits per heavy atom. The summed E-state index contributed by atoms with van der Waals surface area (Å²) in [7, 11) is 0. The molecule has 5 nitrogen and oxygen atoms in total. The summed E-state index contributed by atoms with van der Waals surface area (Å²) in [6, 6.07) is 7.39. The van der Waals surface area contributed by atoms with Crippen LogP contribution in [0.25, 0.3) is 0 Å². The summed E-state index contributed by atoms with van der Waals surface area (Å²) in [6.07, 6.45) is 3.60. The summed E-state index contributed by atoms with van der Waals surface area (Å²) in [5.41, 5.74) is 4.08. The smallest absolute Gasteiger partial charge is 0.272 e. The van der Waals surface area contributed by atoms with Crippen LogP contribution in [0.2, 0.25) is 0 Å². The zero-order valence-electron chi connectivity index (χ0n) is 12.5. The largest absolute Gasteiger partial charge is 0.306 e. The predicted octanol–water partition coefficient (Wildman–Crippen LogP) is 3.46. The number of aryl methyl sites for hydroxylation is 2. The van der Waals surface area contributed by atoms with E-state index in [4.69, 9.17) is 0 Å². The molecule has 1 N–H and O–H groups in total. The maximum Gasteiger partial charge on any atom is 0.272 e. The van der Waals surface area contributed by atoms with Crippen molar-refractivity contribution in [1.82, 2.24) is 10.3 Å². The molecule has 0 aliphatic rings. The molecule has 2 rings (SSSR count). The first-order valence-electron chi connectivity index (χ1n) is 6.87. The lowest BCUT2D eigenvalue weighted by Gasteiger charge is -2.15. The maximum absolute atomic E-state index is 11.0. The van der Waals surface area contributed by atoms with E-state index >= 15 is 0 Å². The molecule has 0 saturated heterocycles. The van der Waals surface area contributed by atoms with E-state index < -0.39 is 0 Å². The van der Waals surface area contributed by atoms with Gasteiger partial charge in [0.1, 0.15) is 0 Å². The first kappa shape index (κ1) is 15.1. The molecule has 2 aromatic rings. The molecule has 0 aliphatic heterocycles. The minimum Gasteiger partial charge on any atom is -0.306 e. The fraction of sp³-hybridized carbons (Fsp3) is 0.312. The van der Waals surface area contributed by atoms with E-state index in [0.29, 0.717) is 12.1 Å². The third kappa shape index (κ3) is 3.64. The molecule has 5 heteroatoms. The molecule has 0 spiro atoms. The van der Waals surface area contributed by atoms with Gasteiger partial charge in [0.25, 0.3) is 5.69 Å². The molecule has 0 amide bonds. The SMILES string of the molecule is Cc1cnccc1CNC(C)c1ccc(C)c([N+](=O)[O-])c1. The van der Waals surface area contributed by atoms with Crippen molar-refractivity contribution in [2.75, 3.05) is 0 Å². The molecule has 0 saturated carbocycles. The Kier molecular flexibility index (Phi) is 4.65. The van der Waals surface area contributed by atoms with E-state index in [1.54, 1.807) is 25.3 Å².